The van der Waals surface area contributed by atoms with Crippen molar-refractivity contribution in [3.63, 3.8) is 0 Å². The SMILES string of the molecule is COc1ccc(C2(O)CC[C@H]3[C@@H]4CCC5CC(OCCOCCN6CCCC6)CC[C@]5(C)[C@@H]4CC[C@@]32C)cc1. The number of hydrogen-bond donors (Lipinski definition) is 1. The Morgan fingerprint density at radius 3 is 2.41 bits per heavy atom. The van der Waals surface area contributed by atoms with Crippen molar-refractivity contribution in [1.29, 1.82) is 0 Å². The molecule has 8 atom stereocenters. The van der Waals surface area contributed by atoms with E-state index in [-0.39, 0.29) is 5.41 Å². The summed E-state index contributed by atoms with van der Waals surface area (Å²) in [6.07, 6.45) is 13.9. The summed E-state index contributed by atoms with van der Waals surface area (Å²) in [6.45, 7) is 10.9. The first-order valence-corrected chi connectivity index (χ1v) is 16.2. The first-order chi connectivity index (χ1) is 18.9. The molecule has 5 aliphatic rings. The Morgan fingerprint density at radius 1 is 0.872 bits per heavy atom. The maximum absolute atomic E-state index is 12.2. The van der Waals surface area contributed by atoms with Crippen LogP contribution in [0.25, 0.3) is 0 Å². The number of methoxy groups -OCH3 is 1. The number of ether oxygens (including phenoxy) is 3. The smallest absolute Gasteiger partial charge is 0.118 e. The summed E-state index contributed by atoms with van der Waals surface area (Å²) >= 11 is 0. The predicted octanol–water partition coefficient (Wildman–Crippen LogP) is 6.42. The van der Waals surface area contributed by atoms with Crippen LogP contribution in [0, 0.1) is 34.5 Å². The maximum atomic E-state index is 12.2. The van der Waals surface area contributed by atoms with E-state index in [1.54, 1.807) is 7.11 Å². The molecule has 1 saturated heterocycles. The minimum absolute atomic E-state index is 0.0406. The number of aliphatic hydroxyl groups is 1. The molecule has 0 bridgehead atoms. The van der Waals surface area contributed by atoms with Gasteiger partial charge in [0.25, 0.3) is 0 Å². The van der Waals surface area contributed by atoms with Crippen molar-refractivity contribution in [2.45, 2.75) is 96.2 Å². The lowest BCUT2D eigenvalue weighted by molar-refractivity contribution is -0.165. The molecule has 0 amide bonds. The Labute approximate surface area is 237 Å². The fourth-order valence-corrected chi connectivity index (χ4v) is 10.3. The first kappa shape index (κ1) is 28.0. The highest BCUT2D eigenvalue weighted by Crippen LogP contribution is 2.70. The average Bonchev–Trinajstić information content (AvgIpc) is 3.57. The molecule has 1 aromatic rings. The molecular weight excluding hydrogens is 486 g/mol. The van der Waals surface area contributed by atoms with Gasteiger partial charge in [-0.05, 0) is 131 Å². The van der Waals surface area contributed by atoms with Crippen LogP contribution in [0.15, 0.2) is 24.3 Å². The Hall–Kier alpha value is -1.14. The largest absolute Gasteiger partial charge is 0.497 e. The van der Waals surface area contributed by atoms with E-state index < -0.39 is 5.60 Å². The van der Waals surface area contributed by atoms with Crippen LogP contribution >= 0.6 is 0 Å². The fraction of sp³-hybridized carbons (Fsp3) is 0.824. The molecule has 5 heteroatoms. The fourth-order valence-electron chi connectivity index (χ4n) is 10.3. The number of benzene rings is 1. The molecule has 1 aromatic carbocycles. The highest BCUT2D eigenvalue weighted by molar-refractivity contribution is 5.34. The van der Waals surface area contributed by atoms with E-state index in [1.807, 2.05) is 12.1 Å². The van der Waals surface area contributed by atoms with Gasteiger partial charge in [-0.2, -0.15) is 0 Å². The maximum Gasteiger partial charge on any atom is 0.118 e. The third-order valence-corrected chi connectivity index (χ3v) is 12.7. The van der Waals surface area contributed by atoms with Crippen molar-refractivity contribution >= 4 is 0 Å². The first-order valence-electron chi connectivity index (χ1n) is 16.2. The summed E-state index contributed by atoms with van der Waals surface area (Å²) in [4.78, 5) is 2.51. The lowest BCUT2D eigenvalue weighted by atomic mass is 9.44. The molecule has 0 radical (unpaired) electrons. The molecule has 0 aromatic heterocycles. The summed E-state index contributed by atoms with van der Waals surface area (Å²) in [5.74, 6) is 3.80. The highest BCUT2D eigenvalue weighted by atomic mass is 16.5. The monoisotopic (exact) mass is 539 g/mol. The molecule has 218 valence electrons. The molecule has 39 heavy (non-hydrogen) atoms. The summed E-state index contributed by atoms with van der Waals surface area (Å²) in [7, 11) is 1.71. The zero-order valence-corrected chi connectivity index (χ0v) is 24.8. The van der Waals surface area contributed by atoms with Crippen LogP contribution in [0.3, 0.4) is 0 Å². The summed E-state index contributed by atoms with van der Waals surface area (Å²) in [5, 5.41) is 12.2. The zero-order valence-electron chi connectivity index (χ0n) is 24.8. The standard InChI is InChI=1S/C34H53NO4/c1-32-15-12-28(39-23-22-38-21-20-35-18-4-5-19-35)24-26(32)8-11-29-30(32)13-16-33(2)31(29)14-17-34(33,36)25-6-9-27(37-3)10-7-25/h6-7,9-10,26,28-31,36H,4-5,8,11-24H2,1-3H3/t26?,28?,29-,30-,31+,32+,33+,34?/m1/s1. The Kier molecular flexibility index (Phi) is 8.09. The van der Waals surface area contributed by atoms with Gasteiger partial charge in [-0.25, -0.2) is 0 Å². The molecule has 1 heterocycles. The van der Waals surface area contributed by atoms with Gasteiger partial charge in [-0.15, -0.1) is 0 Å². The van der Waals surface area contributed by atoms with Crippen LogP contribution in [-0.4, -0.2) is 62.7 Å². The van der Waals surface area contributed by atoms with E-state index >= 15 is 0 Å². The number of rotatable bonds is 9. The van der Waals surface area contributed by atoms with Crippen molar-refractivity contribution in [3.8, 4) is 5.75 Å². The Balaban J connectivity index is 1.04. The number of hydrogen-bond acceptors (Lipinski definition) is 5. The van der Waals surface area contributed by atoms with Crippen LogP contribution < -0.4 is 4.74 Å². The molecule has 5 fully saturated rings. The van der Waals surface area contributed by atoms with E-state index in [9.17, 15) is 5.11 Å². The molecule has 1 aliphatic heterocycles. The van der Waals surface area contributed by atoms with Crippen LogP contribution in [0.4, 0.5) is 0 Å². The van der Waals surface area contributed by atoms with Gasteiger partial charge in [0.15, 0.2) is 0 Å². The molecule has 4 saturated carbocycles. The van der Waals surface area contributed by atoms with Crippen LogP contribution in [0.5, 0.6) is 5.75 Å². The van der Waals surface area contributed by atoms with Gasteiger partial charge in [-0.1, -0.05) is 26.0 Å². The summed E-state index contributed by atoms with van der Waals surface area (Å²) in [5.41, 5.74) is 0.747. The van der Waals surface area contributed by atoms with E-state index in [2.05, 4.69) is 30.9 Å². The second kappa shape index (κ2) is 11.3. The normalized spacial score (nSPS) is 42.1. The van der Waals surface area contributed by atoms with Gasteiger partial charge >= 0.3 is 0 Å². The van der Waals surface area contributed by atoms with Gasteiger partial charge < -0.3 is 24.2 Å². The Bertz CT molecular complexity index is 962. The topological polar surface area (TPSA) is 51.2 Å². The van der Waals surface area contributed by atoms with Gasteiger partial charge in [0.2, 0.25) is 0 Å². The van der Waals surface area contributed by atoms with Crippen LogP contribution in [-0.2, 0) is 15.1 Å². The lowest BCUT2D eigenvalue weighted by Gasteiger charge is -2.61. The van der Waals surface area contributed by atoms with Crippen molar-refractivity contribution in [3.05, 3.63) is 29.8 Å². The number of likely N-dealkylation sites (tertiary alicyclic amines) is 1. The minimum atomic E-state index is -0.727. The molecule has 6 rings (SSSR count). The molecule has 4 aliphatic carbocycles. The predicted molar refractivity (Wildman–Crippen MR) is 155 cm³/mol. The van der Waals surface area contributed by atoms with Crippen molar-refractivity contribution in [2.75, 3.05) is 46.6 Å². The molecule has 1 N–H and O–H groups in total. The van der Waals surface area contributed by atoms with Crippen molar-refractivity contribution in [2.24, 2.45) is 34.5 Å². The third kappa shape index (κ3) is 4.98. The van der Waals surface area contributed by atoms with E-state index in [0.29, 0.717) is 17.4 Å². The van der Waals surface area contributed by atoms with Crippen LogP contribution in [0.2, 0.25) is 0 Å². The van der Waals surface area contributed by atoms with Gasteiger partial charge in [0.05, 0.1) is 38.6 Å². The molecule has 3 unspecified atom stereocenters. The third-order valence-electron chi connectivity index (χ3n) is 12.7. The summed E-state index contributed by atoms with van der Waals surface area (Å²) < 4.78 is 17.7. The second-order valence-corrected chi connectivity index (χ2v) is 14.2. The van der Waals surface area contributed by atoms with E-state index in [4.69, 9.17) is 14.2 Å². The number of nitrogens with zero attached hydrogens (tertiary/aromatic N) is 1. The molecule has 0 spiro atoms. The van der Waals surface area contributed by atoms with Gasteiger partial charge in [0, 0.05) is 12.0 Å². The second-order valence-electron chi connectivity index (χ2n) is 14.2. The zero-order chi connectivity index (χ0) is 27.1. The van der Waals surface area contributed by atoms with Gasteiger partial charge in [0.1, 0.15) is 5.75 Å². The Morgan fingerprint density at radius 2 is 1.64 bits per heavy atom. The highest BCUT2D eigenvalue weighted by Gasteiger charge is 2.65. The minimum Gasteiger partial charge on any atom is -0.497 e. The van der Waals surface area contributed by atoms with Gasteiger partial charge in [-0.3, -0.25) is 0 Å². The lowest BCUT2D eigenvalue weighted by Crippen LogP contribution is -2.56. The number of fused-ring (bicyclic) bond motifs is 5. The van der Waals surface area contributed by atoms with Crippen molar-refractivity contribution in [1.82, 2.24) is 4.90 Å². The van der Waals surface area contributed by atoms with Crippen molar-refractivity contribution < 1.29 is 19.3 Å². The van der Waals surface area contributed by atoms with E-state index in [0.717, 1.165) is 74.7 Å². The molecular formula is C34H53NO4. The van der Waals surface area contributed by atoms with Crippen LogP contribution in [0.1, 0.15) is 90.0 Å². The van der Waals surface area contributed by atoms with E-state index in [1.165, 1.54) is 64.5 Å². The average molecular weight is 540 g/mol. The summed E-state index contributed by atoms with van der Waals surface area (Å²) in [6, 6.07) is 8.25. The quantitative estimate of drug-likeness (QED) is 0.367. The molecule has 5 nitrogen and oxygen atoms in total.